The molecular formula is C16H17BrFNO. The van der Waals surface area contributed by atoms with Gasteiger partial charge in [-0.25, -0.2) is 4.39 Å². The molecule has 4 heteroatoms. The molecular weight excluding hydrogens is 321 g/mol. The quantitative estimate of drug-likeness (QED) is 0.859. The monoisotopic (exact) mass is 337 g/mol. The molecule has 2 aromatic rings. The van der Waals surface area contributed by atoms with Crippen molar-refractivity contribution in [3.63, 3.8) is 0 Å². The van der Waals surface area contributed by atoms with Crippen molar-refractivity contribution in [2.45, 2.75) is 19.7 Å². The van der Waals surface area contributed by atoms with Crippen LogP contribution in [0.2, 0.25) is 0 Å². The van der Waals surface area contributed by atoms with Crippen molar-refractivity contribution in [2.24, 2.45) is 0 Å². The number of halogens is 2. The van der Waals surface area contributed by atoms with Crippen LogP contribution in [0.25, 0.3) is 0 Å². The molecule has 0 saturated carbocycles. The smallest absolute Gasteiger partial charge is 0.123 e. The van der Waals surface area contributed by atoms with Gasteiger partial charge in [-0.1, -0.05) is 40.2 Å². The highest BCUT2D eigenvalue weighted by molar-refractivity contribution is 9.10. The summed E-state index contributed by atoms with van der Waals surface area (Å²) >= 11 is 3.42. The Hall–Kier alpha value is -1.23. The van der Waals surface area contributed by atoms with Crippen LogP contribution in [0, 0.1) is 5.82 Å². The van der Waals surface area contributed by atoms with Gasteiger partial charge in [-0.05, 0) is 34.9 Å². The van der Waals surface area contributed by atoms with Gasteiger partial charge in [0.2, 0.25) is 0 Å². The van der Waals surface area contributed by atoms with Crippen molar-refractivity contribution >= 4 is 15.9 Å². The third-order valence-corrected chi connectivity index (χ3v) is 3.76. The van der Waals surface area contributed by atoms with Gasteiger partial charge in [0, 0.05) is 24.7 Å². The van der Waals surface area contributed by atoms with E-state index < -0.39 is 0 Å². The maximum absolute atomic E-state index is 13.2. The van der Waals surface area contributed by atoms with Crippen LogP contribution < -0.4 is 5.32 Å². The molecule has 0 aromatic heterocycles. The lowest BCUT2D eigenvalue weighted by Crippen LogP contribution is -2.13. The minimum absolute atomic E-state index is 0.214. The van der Waals surface area contributed by atoms with E-state index in [0.717, 1.165) is 22.1 Å². The van der Waals surface area contributed by atoms with Gasteiger partial charge < -0.3 is 10.1 Å². The Labute approximate surface area is 127 Å². The minimum atomic E-state index is -0.214. The van der Waals surface area contributed by atoms with Crippen molar-refractivity contribution in [3.8, 4) is 0 Å². The van der Waals surface area contributed by atoms with E-state index in [-0.39, 0.29) is 5.82 Å². The summed E-state index contributed by atoms with van der Waals surface area (Å²) in [7, 11) is 1.69. The Balaban J connectivity index is 1.87. The second-order valence-corrected chi connectivity index (χ2v) is 5.44. The Morgan fingerprint density at radius 1 is 1.05 bits per heavy atom. The van der Waals surface area contributed by atoms with E-state index in [4.69, 9.17) is 4.74 Å². The first-order valence-corrected chi connectivity index (χ1v) is 7.20. The standard InChI is InChI=1S/C16H17BrFNO/c1-20-11-13-4-2-12(3-5-13)9-19-10-14-8-15(18)6-7-16(14)17/h2-8,19H,9-11H2,1H3. The fourth-order valence-electron chi connectivity index (χ4n) is 1.94. The number of methoxy groups -OCH3 is 1. The third kappa shape index (κ3) is 4.40. The molecule has 0 aliphatic heterocycles. The summed E-state index contributed by atoms with van der Waals surface area (Å²) in [6.07, 6.45) is 0. The average molecular weight is 338 g/mol. The van der Waals surface area contributed by atoms with Crippen molar-refractivity contribution in [3.05, 3.63) is 69.4 Å². The number of hydrogen-bond donors (Lipinski definition) is 1. The first kappa shape index (κ1) is 15.2. The lowest BCUT2D eigenvalue weighted by Gasteiger charge is -2.08. The van der Waals surface area contributed by atoms with Crippen molar-refractivity contribution in [1.29, 1.82) is 0 Å². The molecule has 0 spiro atoms. The maximum atomic E-state index is 13.2. The van der Waals surface area contributed by atoms with Crippen molar-refractivity contribution in [1.82, 2.24) is 5.32 Å². The highest BCUT2D eigenvalue weighted by atomic mass is 79.9. The Bertz CT molecular complexity index is 557. The van der Waals surface area contributed by atoms with Gasteiger partial charge in [0.25, 0.3) is 0 Å². The number of rotatable bonds is 6. The van der Waals surface area contributed by atoms with E-state index in [2.05, 4.69) is 45.5 Å². The number of benzene rings is 2. The third-order valence-electron chi connectivity index (χ3n) is 2.99. The van der Waals surface area contributed by atoms with Crippen LogP contribution in [-0.2, 0) is 24.4 Å². The number of nitrogens with one attached hydrogen (secondary N) is 1. The van der Waals surface area contributed by atoms with Crippen molar-refractivity contribution < 1.29 is 9.13 Å². The normalized spacial score (nSPS) is 10.8. The van der Waals surface area contributed by atoms with Gasteiger partial charge in [-0.15, -0.1) is 0 Å². The lowest BCUT2D eigenvalue weighted by molar-refractivity contribution is 0.185. The molecule has 0 amide bonds. The van der Waals surface area contributed by atoms with Crippen LogP contribution >= 0.6 is 15.9 Å². The predicted molar refractivity (Wildman–Crippen MR) is 81.8 cm³/mol. The van der Waals surface area contributed by atoms with Crippen LogP contribution in [-0.4, -0.2) is 7.11 Å². The molecule has 0 radical (unpaired) electrons. The molecule has 0 bridgehead atoms. The molecule has 20 heavy (non-hydrogen) atoms. The first-order chi connectivity index (χ1) is 9.69. The highest BCUT2D eigenvalue weighted by Crippen LogP contribution is 2.17. The molecule has 106 valence electrons. The van der Waals surface area contributed by atoms with Crippen LogP contribution in [0.5, 0.6) is 0 Å². The van der Waals surface area contributed by atoms with Gasteiger partial charge >= 0.3 is 0 Å². The number of hydrogen-bond acceptors (Lipinski definition) is 2. The Kier molecular flexibility index (Phi) is 5.71. The predicted octanol–water partition coefficient (Wildman–Crippen LogP) is 4.02. The van der Waals surface area contributed by atoms with E-state index in [1.165, 1.54) is 11.6 Å². The summed E-state index contributed by atoms with van der Waals surface area (Å²) in [4.78, 5) is 0. The molecule has 0 aliphatic carbocycles. The van der Waals surface area contributed by atoms with Crippen LogP contribution in [0.15, 0.2) is 46.9 Å². The average Bonchev–Trinajstić information content (AvgIpc) is 2.45. The molecule has 2 aromatic carbocycles. The van der Waals surface area contributed by atoms with Crippen LogP contribution in [0.3, 0.4) is 0 Å². The van der Waals surface area contributed by atoms with Gasteiger partial charge in [-0.2, -0.15) is 0 Å². The maximum Gasteiger partial charge on any atom is 0.123 e. The van der Waals surface area contributed by atoms with E-state index in [9.17, 15) is 4.39 Å². The zero-order valence-corrected chi connectivity index (χ0v) is 12.9. The van der Waals surface area contributed by atoms with Gasteiger partial charge in [0.05, 0.1) is 6.61 Å². The molecule has 0 heterocycles. The van der Waals surface area contributed by atoms with E-state index in [1.54, 1.807) is 19.2 Å². The lowest BCUT2D eigenvalue weighted by atomic mass is 10.1. The number of ether oxygens (including phenoxy) is 1. The van der Waals surface area contributed by atoms with Gasteiger partial charge in [-0.3, -0.25) is 0 Å². The van der Waals surface area contributed by atoms with E-state index in [0.29, 0.717) is 13.2 Å². The second kappa shape index (κ2) is 7.53. The van der Waals surface area contributed by atoms with Crippen LogP contribution in [0.1, 0.15) is 16.7 Å². The van der Waals surface area contributed by atoms with E-state index >= 15 is 0 Å². The first-order valence-electron chi connectivity index (χ1n) is 6.40. The van der Waals surface area contributed by atoms with Crippen LogP contribution in [0.4, 0.5) is 4.39 Å². The fraction of sp³-hybridized carbons (Fsp3) is 0.250. The molecule has 0 unspecified atom stereocenters. The summed E-state index contributed by atoms with van der Waals surface area (Å²) in [6.45, 7) is 2.00. The van der Waals surface area contributed by atoms with Crippen molar-refractivity contribution in [2.75, 3.05) is 7.11 Å². The van der Waals surface area contributed by atoms with Gasteiger partial charge in [0.15, 0.2) is 0 Å². The molecule has 0 fully saturated rings. The summed E-state index contributed by atoms with van der Waals surface area (Å²) < 4.78 is 19.1. The SMILES string of the molecule is COCc1ccc(CNCc2cc(F)ccc2Br)cc1. The zero-order chi connectivity index (χ0) is 14.4. The zero-order valence-electron chi connectivity index (χ0n) is 11.3. The van der Waals surface area contributed by atoms with E-state index in [1.807, 2.05) is 0 Å². The highest BCUT2D eigenvalue weighted by Gasteiger charge is 2.01. The Morgan fingerprint density at radius 2 is 1.75 bits per heavy atom. The largest absolute Gasteiger partial charge is 0.380 e. The Morgan fingerprint density at radius 3 is 2.45 bits per heavy atom. The van der Waals surface area contributed by atoms with Gasteiger partial charge in [0.1, 0.15) is 5.82 Å². The molecule has 2 rings (SSSR count). The molecule has 0 atom stereocenters. The fourth-order valence-corrected chi connectivity index (χ4v) is 2.33. The summed E-state index contributed by atoms with van der Waals surface area (Å²) in [5.74, 6) is -0.214. The molecule has 0 saturated heterocycles. The summed E-state index contributed by atoms with van der Waals surface area (Å²) in [5, 5.41) is 3.31. The molecule has 2 nitrogen and oxygen atoms in total. The summed E-state index contributed by atoms with van der Waals surface area (Å²) in [6, 6.07) is 13.0. The molecule has 1 N–H and O–H groups in total. The topological polar surface area (TPSA) is 21.3 Å². The molecule has 0 aliphatic rings. The second-order valence-electron chi connectivity index (χ2n) is 4.59. The minimum Gasteiger partial charge on any atom is -0.380 e. The summed E-state index contributed by atoms with van der Waals surface area (Å²) in [5.41, 5.74) is 3.27.